The van der Waals surface area contributed by atoms with E-state index < -0.39 is 48.5 Å². The van der Waals surface area contributed by atoms with Gasteiger partial charge >= 0.3 is 5.69 Å². The first-order chi connectivity index (χ1) is 8.47. The third kappa shape index (κ3) is 1.86. The fraction of sp³-hybridized carbons (Fsp3) is 0.556. The van der Waals surface area contributed by atoms with Crippen LogP contribution in [0.1, 0.15) is 6.23 Å². The van der Waals surface area contributed by atoms with Crippen LogP contribution in [0.25, 0.3) is 0 Å². The van der Waals surface area contributed by atoms with E-state index in [9.17, 15) is 19.4 Å². The highest BCUT2D eigenvalue weighted by Gasteiger charge is 2.44. The van der Waals surface area contributed by atoms with Crippen molar-refractivity contribution in [3.8, 4) is 0 Å². The normalized spacial score (nSPS) is 31.8. The van der Waals surface area contributed by atoms with Gasteiger partial charge in [-0.1, -0.05) is 0 Å². The van der Waals surface area contributed by atoms with Crippen LogP contribution in [0.4, 0.5) is 10.2 Å². The third-order valence-corrected chi connectivity index (χ3v) is 2.77. The van der Waals surface area contributed by atoms with Crippen molar-refractivity contribution < 1.29 is 24.4 Å². The summed E-state index contributed by atoms with van der Waals surface area (Å²) in [4.78, 5) is 14.7. The molecule has 1 aliphatic heterocycles. The van der Waals surface area contributed by atoms with Crippen molar-refractivity contribution in [2.24, 2.45) is 0 Å². The van der Waals surface area contributed by atoms with E-state index in [0.717, 1.165) is 0 Å². The van der Waals surface area contributed by atoms with E-state index in [1.54, 1.807) is 0 Å². The largest absolute Gasteiger partial charge is 0.394 e. The minimum atomic E-state index is -1.52. The molecular weight excluding hydrogens is 249 g/mol. The Hall–Kier alpha value is -1.55. The van der Waals surface area contributed by atoms with E-state index in [2.05, 4.69) is 4.98 Å². The van der Waals surface area contributed by atoms with Gasteiger partial charge in [0.2, 0.25) is 0 Å². The number of ether oxygens (including phenoxy) is 1. The third-order valence-electron chi connectivity index (χ3n) is 2.77. The molecule has 8 nitrogen and oxygen atoms in total. The molecule has 0 aliphatic carbocycles. The van der Waals surface area contributed by atoms with Gasteiger partial charge in [-0.25, -0.2) is 13.8 Å². The Morgan fingerprint density at radius 1 is 1.50 bits per heavy atom. The number of halogens is 1. The van der Waals surface area contributed by atoms with Crippen LogP contribution >= 0.6 is 0 Å². The second-order valence-corrected chi connectivity index (χ2v) is 3.87. The Bertz CT molecular complexity index is 507. The van der Waals surface area contributed by atoms with Crippen molar-refractivity contribution in [1.82, 2.24) is 9.55 Å². The molecular formula is C9H12FN3O5. The lowest BCUT2D eigenvalue weighted by molar-refractivity contribution is -0.0541. The van der Waals surface area contributed by atoms with Crippen molar-refractivity contribution in [2.75, 3.05) is 12.3 Å². The van der Waals surface area contributed by atoms with Crippen LogP contribution in [-0.4, -0.2) is 49.8 Å². The minimum absolute atomic E-state index is 0.563. The predicted molar refractivity (Wildman–Crippen MR) is 55.9 cm³/mol. The molecule has 4 atom stereocenters. The fourth-order valence-corrected chi connectivity index (χ4v) is 1.80. The molecule has 0 saturated carbocycles. The molecule has 1 aromatic heterocycles. The van der Waals surface area contributed by atoms with Crippen LogP contribution in [0.3, 0.4) is 0 Å². The van der Waals surface area contributed by atoms with Gasteiger partial charge in [-0.05, 0) is 0 Å². The second-order valence-electron chi connectivity index (χ2n) is 3.87. The van der Waals surface area contributed by atoms with Crippen LogP contribution in [0.5, 0.6) is 0 Å². The summed E-state index contributed by atoms with van der Waals surface area (Å²) >= 11 is 0. The molecule has 9 heteroatoms. The Labute approximate surface area is 100 Å². The van der Waals surface area contributed by atoms with Gasteiger partial charge in [0.1, 0.15) is 24.1 Å². The van der Waals surface area contributed by atoms with Gasteiger partial charge in [0.05, 0.1) is 12.8 Å². The van der Waals surface area contributed by atoms with Gasteiger partial charge < -0.3 is 25.8 Å². The van der Waals surface area contributed by atoms with Crippen molar-refractivity contribution >= 4 is 5.82 Å². The Balaban J connectivity index is 2.45. The summed E-state index contributed by atoms with van der Waals surface area (Å²) in [5, 5.41) is 28.1. The molecule has 1 saturated heterocycles. The van der Waals surface area contributed by atoms with Crippen LogP contribution < -0.4 is 11.4 Å². The first-order valence-corrected chi connectivity index (χ1v) is 5.12. The number of nitrogen functional groups attached to an aromatic ring is 1. The Morgan fingerprint density at radius 2 is 2.17 bits per heavy atom. The molecule has 0 radical (unpaired) electrons. The monoisotopic (exact) mass is 261 g/mol. The molecule has 2 rings (SSSR count). The summed E-state index contributed by atoms with van der Waals surface area (Å²) in [6, 6.07) is 0. The van der Waals surface area contributed by atoms with Gasteiger partial charge in [-0.2, -0.15) is 4.98 Å². The molecule has 1 unspecified atom stereocenters. The lowest BCUT2D eigenvalue weighted by atomic mass is 10.1. The highest BCUT2D eigenvalue weighted by atomic mass is 19.1. The highest BCUT2D eigenvalue weighted by molar-refractivity contribution is 5.29. The molecule has 1 fully saturated rings. The molecule has 2 heterocycles. The van der Waals surface area contributed by atoms with Crippen molar-refractivity contribution in [2.45, 2.75) is 24.5 Å². The lowest BCUT2D eigenvalue weighted by Gasteiger charge is -2.19. The van der Waals surface area contributed by atoms with E-state index >= 15 is 0 Å². The summed E-state index contributed by atoms with van der Waals surface area (Å²) in [6.45, 7) is -0.563. The smallest absolute Gasteiger partial charge is 0.351 e. The summed E-state index contributed by atoms with van der Waals surface area (Å²) in [7, 11) is 0. The van der Waals surface area contributed by atoms with Gasteiger partial charge in [0.15, 0.2) is 12.0 Å². The van der Waals surface area contributed by atoms with Gasteiger partial charge in [-0.15, -0.1) is 0 Å². The molecule has 18 heavy (non-hydrogen) atoms. The Morgan fingerprint density at radius 3 is 2.72 bits per heavy atom. The standard InChI is InChI=1S/C9H12FN3O5/c10-3-1-12-9(17)13(7(3)11)8-6(16)5(15)4(2-14)18-8/h1,4-6,8,14-16H,2,11H2/t4-,5-,6+,8?/m1/s1. The van der Waals surface area contributed by atoms with E-state index in [-0.39, 0.29) is 0 Å². The summed E-state index contributed by atoms with van der Waals surface area (Å²) < 4.78 is 18.9. The number of aliphatic hydroxyl groups is 3. The maximum atomic E-state index is 13.2. The van der Waals surface area contributed by atoms with Crippen molar-refractivity contribution in [3.05, 3.63) is 22.5 Å². The number of hydrogen-bond acceptors (Lipinski definition) is 7. The molecule has 0 amide bonds. The first kappa shape index (κ1) is 12.9. The van der Waals surface area contributed by atoms with Crippen LogP contribution in [0.15, 0.2) is 11.0 Å². The van der Waals surface area contributed by atoms with Crippen LogP contribution in [-0.2, 0) is 4.74 Å². The molecule has 1 aliphatic rings. The SMILES string of the molecule is Nc1c(F)cnc(=O)n1C1O[C@H](CO)[C@@H](O)[C@@H]1O. The summed E-state index contributed by atoms with van der Waals surface area (Å²) in [5.41, 5.74) is 4.44. The minimum Gasteiger partial charge on any atom is -0.394 e. The predicted octanol–water partition coefficient (Wildman–Crippen LogP) is -2.42. The van der Waals surface area contributed by atoms with Crippen LogP contribution in [0, 0.1) is 5.82 Å². The molecule has 5 N–H and O–H groups in total. The molecule has 100 valence electrons. The number of aliphatic hydroxyl groups excluding tert-OH is 3. The first-order valence-electron chi connectivity index (χ1n) is 5.12. The zero-order chi connectivity index (χ0) is 13.4. The number of nitrogens with zero attached hydrogens (tertiary/aromatic N) is 2. The van der Waals surface area contributed by atoms with E-state index in [1.165, 1.54) is 0 Å². The van der Waals surface area contributed by atoms with E-state index in [1.807, 2.05) is 0 Å². The topological polar surface area (TPSA) is 131 Å². The number of aromatic nitrogens is 2. The van der Waals surface area contributed by atoms with Crippen LogP contribution in [0.2, 0.25) is 0 Å². The molecule has 0 aromatic carbocycles. The molecule has 0 bridgehead atoms. The maximum Gasteiger partial charge on any atom is 0.351 e. The summed E-state index contributed by atoms with van der Waals surface area (Å²) in [6.07, 6.45) is -4.76. The zero-order valence-corrected chi connectivity index (χ0v) is 9.10. The van der Waals surface area contributed by atoms with Crippen molar-refractivity contribution in [1.29, 1.82) is 0 Å². The maximum absolute atomic E-state index is 13.2. The zero-order valence-electron chi connectivity index (χ0n) is 9.10. The Kier molecular flexibility index (Phi) is 3.30. The quantitative estimate of drug-likeness (QED) is 0.465. The van der Waals surface area contributed by atoms with E-state index in [4.69, 9.17) is 15.6 Å². The lowest BCUT2D eigenvalue weighted by Crippen LogP contribution is -2.37. The second kappa shape index (κ2) is 4.61. The fourth-order valence-electron chi connectivity index (χ4n) is 1.80. The number of hydrogen-bond donors (Lipinski definition) is 4. The van der Waals surface area contributed by atoms with Gasteiger partial charge in [0, 0.05) is 0 Å². The highest BCUT2D eigenvalue weighted by Crippen LogP contribution is 2.29. The van der Waals surface area contributed by atoms with Gasteiger partial charge in [0.25, 0.3) is 0 Å². The average molecular weight is 261 g/mol. The number of nitrogens with two attached hydrogens (primary N) is 1. The molecule has 1 aromatic rings. The summed E-state index contributed by atoms with van der Waals surface area (Å²) in [5.74, 6) is -1.52. The van der Waals surface area contributed by atoms with E-state index in [0.29, 0.717) is 10.8 Å². The average Bonchev–Trinajstić information content (AvgIpc) is 2.62. The van der Waals surface area contributed by atoms with Crippen molar-refractivity contribution in [3.63, 3.8) is 0 Å². The molecule has 0 spiro atoms. The van der Waals surface area contributed by atoms with Gasteiger partial charge in [-0.3, -0.25) is 0 Å². The number of anilines is 1. The number of rotatable bonds is 2.